The molecule has 2 aromatic carbocycles. The second-order valence-electron chi connectivity index (χ2n) is 9.26. The number of hydrogen-bond acceptors (Lipinski definition) is 4. The van der Waals surface area contributed by atoms with Gasteiger partial charge in [-0.15, -0.1) is 0 Å². The van der Waals surface area contributed by atoms with E-state index in [0.29, 0.717) is 0 Å². The second kappa shape index (κ2) is 7.96. The van der Waals surface area contributed by atoms with E-state index in [2.05, 4.69) is 0 Å². The molecule has 0 saturated heterocycles. The van der Waals surface area contributed by atoms with E-state index in [-0.39, 0.29) is 0 Å². The van der Waals surface area contributed by atoms with Crippen LogP contribution in [-0.4, -0.2) is 38.3 Å². The zero-order chi connectivity index (χ0) is 23.4. The fraction of sp³-hybridized carbons (Fsp3) is 0.273. The summed E-state index contributed by atoms with van der Waals surface area (Å²) in [6.45, 7) is 3.91. The molecule has 10 heteroatoms. The van der Waals surface area contributed by atoms with Crippen LogP contribution in [0.5, 0.6) is 0 Å². The molecule has 0 fully saturated rings. The molecule has 2 aliphatic carbocycles. The van der Waals surface area contributed by atoms with Crippen LogP contribution in [0.15, 0.2) is 60.7 Å². The minimum absolute atomic E-state index is 0.443. The average Bonchev–Trinajstić information content (AvgIpc) is 3.30. The molecule has 0 radical (unpaired) electrons. The number of fused-ring (bicyclic) bond motifs is 2. The molecule has 170 valence electrons. The molecule has 0 heterocycles. The van der Waals surface area contributed by atoms with E-state index >= 15 is 0 Å². The molecule has 32 heavy (non-hydrogen) atoms. The Morgan fingerprint density at radius 3 is 1.47 bits per heavy atom. The predicted octanol–water partition coefficient (Wildman–Crippen LogP) is 4.15. The predicted molar refractivity (Wildman–Crippen MR) is 127 cm³/mol. The average molecular weight is 570 g/mol. The summed E-state index contributed by atoms with van der Waals surface area (Å²) in [4.78, 5) is 0. The van der Waals surface area contributed by atoms with Crippen LogP contribution in [0.25, 0.3) is 12.2 Å². The molecule has 4 rings (SSSR count). The Morgan fingerprint density at radius 2 is 1.12 bits per heavy atom. The van der Waals surface area contributed by atoms with Gasteiger partial charge >= 0.3 is 191 Å². The topological polar surface area (TPSA) is 109 Å². The SMILES string of the molecule is C[Si](C)=[Zr]([CH2]S(=O)(=O)O)([CH2]S(=O)(=O)O)([CH]1C=Cc2ccccc21)[CH]1C=Cc2ccccc21. The normalized spacial score (nSPS) is 20.3. The van der Waals surface area contributed by atoms with Gasteiger partial charge in [-0.1, -0.05) is 0 Å². The van der Waals surface area contributed by atoms with Crippen molar-refractivity contribution in [2.24, 2.45) is 0 Å². The molecule has 0 aliphatic heterocycles. The van der Waals surface area contributed by atoms with Gasteiger partial charge in [-0.3, -0.25) is 0 Å². The van der Waals surface area contributed by atoms with E-state index in [1.807, 2.05) is 85.9 Å². The molecule has 6 nitrogen and oxygen atoms in total. The summed E-state index contributed by atoms with van der Waals surface area (Å²) in [5.74, 6) is 0. The molecule has 2 N–H and O–H groups in total. The summed E-state index contributed by atoms with van der Waals surface area (Å²) in [5.41, 5.74) is 1.93. The zero-order valence-electron chi connectivity index (χ0n) is 17.8. The Morgan fingerprint density at radius 1 is 0.750 bits per heavy atom. The van der Waals surface area contributed by atoms with Crippen molar-refractivity contribution in [2.75, 3.05) is 6.92 Å². The first-order valence-electron chi connectivity index (χ1n) is 10.3. The van der Waals surface area contributed by atoms with Crippen molar-refractivity contribution in [1.29, 1.82) is 0 Å². The van der Waals surface area contributed by atoms with Gasteiger partial charge in [0.1, 0.15) is 0 Å². The number of rotatable bonds is 6. The van der Waals surface area contributed by atoms with Crippen LogP contribution in [0.2, 0.25) is 13.1 Å². The van der Waals surface area contributed by atoms with Gasteiger partial charge in [-0.2, -0.15) is 0 Å². The van der Waals surface area contributed by atoms with E-state index in [9.17, 15) is 25.9 Å². The molecule has 0 spiro atoms. The summed E-state index contributed by atoms with van der Waals surface area (Å²) in [6.07, 6.45) is 7.69. The van der Waals surface area contributed by atoms with Gasteiger partial charge in [0.25, 0.3) is 0 Å². The van der Waals surface area contributed by atoms with Gasteiger partial charge in [0.15, 0.2) is 0 Å². The quantitative estimate of drug-likeness (QED) is 0.400. The van der Waals surface area contributed by atoms with E-state index < -0.39 is 57.2 Å². The first-order chi connectivity index (χ1) is 14.9. The third kappa shape index (κ3) is 3.79. The van der Waals surface area contributed by atoms with Crippen molar-refractivity contribution < 1.29 is 43.3 Å². The van der Waals surface area contributed by atoms with Gasteiger partial charge in [0.05, 0.1) is 0 Å². The molecule has 2 aromatic rings. The molecule has 2 aliphatic rings. The summed E-state index contributed by atoms with van der Waals surface area (Å²) < 4.78 is 69.3. The standard InChI is InChI=1S/2C9H7.C2H6Si.2CH3O3S.Zr/c2*1-2-5-9-7-3-6-8(9)4-1;1-3-2;2*1-5(2,3)4;/h2*1-7H;1-2H3;2*1H2,(H,2,3,4);. The fourth-order valence-electron chi connectivity index (χ4n) is 6.12. The van der Waals surface area contributed by atoms with Crippen LogP contribution in [0, 0.1) is 0 Å². The summed E-state index contributed by atoms with van der Waals surface area (Å²) in [6, 6.07) is 15.2. The molecular weight excluding hydrogens is 544 g/mol. The molecule has 2 unspecified atom stereocenters. The summed E-state index contributed by atoms with van der Waals surface area (Å²) in [7, 11) is -9.12. The molecule has 0 aromatic heterocycles. The first kappa shape index (κ1) is 24.0. The third-order valence-electron chi connectivity index (χ3n) is 7.48. The van der Waals surface area contributed by atoms with E-state index in [1.54, 1.807) is 0 Å². The number of hydrogen-bond donors (Lipinski definition) is 2. The maximum absolute atomic E-state index is 12.7. The molecule has 2 atom stereocenters. The number of benzene rings is 2. The van der Waals surface area contributed by atoms with Crippen LogP contribution >= 0.6 is 0 Å². The van der Waals surface area contributed by atoms with E-state index in [0.717, 1.165) is 22.3 Å². The van der Waals surface area contributed by atoms with Gasteiger partial charge in [0, 0.05) is 0 Å². The van der Waals surface area contributed by atoms with Crippen molar-refractivity contribution in [3.63, 3.8) is 0 Å². The van der Waals surface area contributed by atoms with E-state index in [1.165, 1.54) is 0 Å². The molecular formula is C22H26O6S2SiZr. The van der Waals surface area contributed by atoms with Crippen molar-refractivity contribution in [1.82, 2.24) is 0 Å². The van der Waals surface area contributed by atoms with Crippen molar-refractivity contribution >= 4 is 37.8 Å². The maximum atomic E-state index is 12.7. The molecule has 0 saturated carbocycles. The Hall–Kier alpha value is -1.16. The van der Waals surface area contributed by atoms with E-state index in [4.69, 9.17) is 0 Å². The van der Waals surface area contributed by atoms with Gasteiger partial charge in [-0.05, 0) is 0 Å². The third-order valence-corrected chi connectivity index (χ3v) is 65.4. The summed E-state index contributed by atoms with van der Waals surface area (Å²) >= 11 is -5.40. The van der Waals surface area contributed by atoms with Crippen molar-refractivity contribution in [3.05, 3.63) is 82.9 Å². The fourth-order valence-corrected chi connectivity index (χ4v) is 72.6. The van der Waals surface area contributed by atoms with Gasteiger partial charge in [0.2, 0.25) is 0 Å². The first-order valence-corrected chi connectivity index (χ1v) is 26.0. The zero-order valence-corrected chi connectivity index (χ0v) is 22.9. The van der Waals surface area contributed by atoms with Crippen molar-refractivity contribution in [3.8, 4) is 0 Å². The Balaban J connectivity index is 2.22. The Labute approximate surface area is 190 Å². The minimum atomic E-state index is -5.40. The van der Waals surface area contributed by atoms with Crippen LogP contribution in [-0.2, 0) is 37.6 Å². The Kier molecular flexibility index (Phi) is 5.96. The van der Waals surface area contributed by atoms with Crippen LogP contribution in [0.3, 0.4) is 0 Å². The monoisotopic (exact) mass is 568 g/mol. The second-order valence-corrected chi connectivity index (χ2v) is 45.7. The molecule has 0 bridgehead atoms. The summed E-state index contributed by atoms with van der Waals surface area (Å²) in [5, 5.41) is 0. The van der Waals surface area contributed by atoms with Crippen molar-refractivity contribution in [2.45, 2.75) is 20.3 Å². The van der Waals surface area contributed by atoms with Gasteiger partial charge in [-0.25, -0.2) is 0 Å². The van der Waals surface area contributed by atoms with Crippen LogP contribution in [0.4, 0.5) is 0 Å². The van der Waals surface area contributed by atoms with Crippen LogP contribution in [0.1, 0.15) is 29.5 Å². The Bertz CT molecular complexity index is 1350. The molecule has 0 amide bonds. The van der Waals surface area contributed by atoms with Gasteiger partial charge < -0.3 is 0 Å². The number of allylic oxidation sites excluding steroid dienone is 2. The van der Waals surface area contributed by atoms with Crippen LogP contribution < -0.4 is 0 Å².